The summed E-state index contributed by atoms with van der Waals surface area (Å²) < 4.78 is 10.3. The van der Waals surface area contributed by atoms with Gasteiger partial charge in [-0.3, -0.25) is 4.90 Å². The molecule has 2 unspecified atom stereocenters. The van der Waals surface area contributed by atoms with E-state index in [1.165, 1.54) is 6.42 Å². The lowest BCUT2D eigenvalue weighted by Crippen LogP contribution is -2.45. The Balaban J connectivity index is 3.96. The molecule has 0 aliphatic heterocycles. The molecule has 0 saturated heterocycles. The first-order valence-electron chi connectivity index (χ1n) is 6.61. The van der Waals surface area contributed by atoms with E-state index in [4.69, 9.17) is 9.47 Å². The van der Waals surface area contributed by atoms with Crippen LogP contribution in [0.1, 0.15) is 27.2 Å². The quantitative estimate of drug-likeness (QED) is 0.597. The van der Waals surface area contributed by atoms with Gasteiger partial charge in [-0.05, 0) is 20.3 Å². The van der Waals surface area contributed by atoms with Gasteiger partial charge in [0, 0.05) is 45.9 Å². The van der Waals surface area contributed by atoms with E-state index >= 15 is 0 Å². The van der Waals surface area contributed by atoms with Gasteiger partial charge in [-0.2, -0.15) is 0 Å². The lowest BCUT2D eigenvalue weighted by molar-refractivity contribution is 0.0909. The molecule has 0 fully saturated rings. The molecule has 0 rings (SSSR count). The van der Waals surface area contributed by atoms with Crippen molar-refractivity contribution in [1.82, 2.24) is 10.2 Å². The average Bonchev–Trinajstić information content (AvgIpc) is 2.35. The Morgan fingerprint density at radius 3 is 2.00 bits per heavy atom. The van der Waals surface area contributed by atoms with Crippen LogP contribution >= 0.6 is 0 Å². The van der Waals surface area contributed by atoms with Crippen molar-refractivity contribution in [2.45, 2.75) is 39.3 Å². The molecule has 4 heteroatoms. The SMILES string of the molecule is CCC(C)NCC(C)N(CCOC)CCOC. The Labute approximate surface area is 107 Å². The van der Waals surface area contributed by atoms with Gasteiger partial charge in [-0.15, -0.1) is 0 Å². The molecule has 0 spiro atoms. The second kappa shape index (κ2) is 11.0. The Hall–Kier alpha value is -0.160. The Kier molecular flexibility index (Phi) is 10.9. The van der Waals surface area contributed by atoms with Crippen LogP contribution in [0.15, 0.2) is 0 Å². The van der Waals surface area contributed by atoms with Crippen molar-refractivity contribution in [2.24, 2.45) is 0 Å². The molecule has 0 aliphatic carbocycles. The molecule has 0 amide bonds. The third-order valence-corrected chi connectivity index (χ3v) is 3.16. The van der Waals surface area contributed by atoms with Crippen LogP contribution in [0.5, 0.6) is 0 Å². The smallest absolute Gasteiger partial charge is 0.0589 e. The summed E-state index contributed by atoms with van der Waals surface area (Å²) in [5.74, 6) is 0. The molecule has 0 saturated carbocycles. The van der Waals surface area contributed by atoms with Gasteiger partial charge in [0.25, 0.3) is 0 Å². The van der Waals surface area contributed by atoms with Crippen molar-refractivity contribution in [3.05, 3.63) is 0 Å². The van der Waals surface area contributed by atoms with Crippen LogP contribution in [-0.2, 0) is 9.47 Å². The fourth-order valence-electron chi connectivity index (χ4n) is 1.61. The Bertz CT molecular complexity index is 159. The molecule has 104 valence electrons. The maximum Gasteiger partial charge on any atom is 0.0589 e. The van der Waals surface area contributed by atoms with E-state index in [2.05, 4.69) is 31.0 Å². The number of hydrogen-bond acceptors (Lipinski definition) is 4. The lowest BCUT2D eigenvalue weighted by atomic mass is 10.2. The highest BCUT2D eigenvalue weighted by Gasteiger charge is 2.13. The molecule has 0 bridgehead atoms. The minimum absolute atomic E-state index is 0.509. The molecular weight excluding hydrogens is 216 g/mol. The van der Waals surface area contributed by atoms with Gasteiger partial charge in [-0.25, -0.2) is 0 Å². The molecule has 17 heavy (non-hydrogen) atoms. The molecule has 4 nitrogen and oxygen atoms in total. The fraction of sp³-hybridized carbons (Fsp3) is 1.00. The predicted molar refractivity (Wildman–Crippen MR) is 72.5 cm³/mol. The molecule has 0 aromatic heterocycles. The second-order valence-electron chi connectivity index (χ2n) is 4.59. The highest BCUT2D eigenvalue weighted by Crippen LogP contribution is 1.99. The van der Waals surface area contributed by atoms with E-state index in [0.29, 0.717) is 12.1 Å². The summed E-state index contributed by atoms with van der Waals surface area (Å²) in [6.45, 7) is 11.2. The lowest BCUT2D eigenvalue weighted by Gasteiger charge is -2.29. The summed E-state index contributed by atoms with van der Waals surface area (Å²) in [6, 6.07) is 1.10. The van der Waals surface area contributed by atoms with Crippen molar-refractivity contribution < 1.29 is 9.47 Å². The second-order valence-corrected chi connectivity index (χ2v) is 4.59. The summed E-state index contributed by atoms with van der Waals surface area (Å²) >= 11 is 0. The molecule has 0 radical (unpaired) electrons. The van der Waals surface area contributed by atoms with Crippen molar-refractivity contribution >= 4 is 0 Å². The number of nitrogens with one attached hydrogen (secondary N) is 1. The highest BCUT2D eigenvalue weighted by molar-refractivity contribution is 4.71. The zero-order chi connectivity index (χ0) is 13.1. The minimum atomic E-state index is 0.509. The molecular formula is C13H30N2O2. The van der Waals surface area contributed by atoms with E-state index in [1.54, 1.807) is 14.2 Å². The summed E-state index contributed by atoms with van der Waals surface area (Å²) in [4.78, 5) is 2.41. The van der Waals surface area contributed by atoms with Crippen molar-refractivity contribution in [2.75, 3.05) is 47.1 Å². The number of methoxy groups -OCH3 is 2. The van der Waals surface area contributed by atoms with Crippen LogP contribution in [0.4, 0.5) is 0 Å². The monoisotopic (exact) mass is 246 g/mol. The largest absolute Gasteiger partial charge is 0.383 e. The standard InChI is InChI=1S/C13H30N2O2/c1-6-12(2)14-11-13(3)15(7-9-16-4)8-10-17-5/h12-14H,6-11H2,1-5H3. The highest BCUT2D eigenvalue weighted by atomic mass is 16.5. The summed E-state index contributed by atoms with van der Waals surface area (Å²) in [7, 11) is 3.49. The van der Waals surface area contributed by atoms with E-state index in [-0.39, 0.29) is 0 Å². The number of rotatable bonds is 11. The molecule has 0 aromatic carbocycles. The van der Waals surface area contributed by atoms with Gasteiger partial charge in [0.15, 0.2) is 0 Å². The zero-order valence-electron chi connectivity index (χ0n) is 12.2. The van der Waals surface area contributed by atoms with E-state index in [9.17, 15) is 0 Å². The zero-order valence-corrected chi connectivity index (χ0v) is 12.2. The van der Waals surface area contributed by atoms with Gasteiger partial charge in [0.1, 0.15) is 0 Å². The van der Waals surface area contributed by atoms with Gasteiger partial charge >= 0.3 is 0 Å². The van der Waals surface area contributed by atoms with Crippen LogP contribution in [0.2, 0.25) is 0 Å². The summed E-state index contributed by atoms with van der Waals surface area (Å²) in [6.07, 6.45) is 1.17. The third-order valence-electron chi connectivity index (χ3n) is 3.16. The third kappa shape index (κ3) is 8.55. The molecule has 0 aliphatic rings. The predicted octanol–water partition coefficient (Wildman–Crippen LogP) is 1.36. The first-order chi connectivity index (χ1) is 8.15. The number of ether oxygens (including phenoxy) is 2. The first kappa shape index (κ1) is 16.8. The molecule has 1 N–H and O–H groups in total. The van der Waals surface area contributed by atoms with Crippen LogP contribution in [0.25, 0.3) is 0 Å². The van der Waals surface area contributed by atoms with Crippen molar-refractivity contribution in [3.8, 4) is 0 Å². The Morgan fingerprint density at radius 1 is 1.06 bits per heavy atom. The summed E-state index contributed by atoms with van der Waals surface area (Å²) in [5, 5.41) is 3.54. The Morgan fingerprint density at radius 2 is 1.59 bits per heavy atom. The van der Waals surface area contributed by atoms with Gasteiger partial charge in [0.2, 0.25) is 0 Å². The molecule has 2 atom stereocenters. The van der Waals surface area contributed by atoms with E-state index in [1.807, 2.05) is 0 Å². The fourth-order valence-corrected chi connectivity index (χ4v) is 1.61. The van der Waals surface area contributed by atoms with Crippen molar-refractivity contribution in [3.63, 3.8) is 0 Å². The minimum Gasteiger partial charge on any atom is -0.383 e. The van der Waals surface area contributed by atoms with Crippen LogP contribution in [-0.4, -0.2) is 64.1 Å². The maximum absolute atomic E-state index is 5.15. The van der Waals surface area contributed by atoms with Crippen molar-refractivity contribution in [1.29, 1.82) is 0 Å². The van der Waals surface area contributed by atoms with Crippen LogP contribution < -0.4 is 5.32 Å². The topological polar surface area (TPSA) is 33.7 Å². The summed E-state index contributed by atoms with van der Waals surface area (Å²) in [5.41, 5.74) is 0. The van der Waals surface area contributed by atoms with Gasteiger partial charge in [-0.1, -0.05) is 6.92 Å². The van der Waals surface area contributed by atoms with Gasteiger partial charge < -0.3 is 14.8 Å². The average molecular weight is 246 g/mol. The van der Waals surface area contributed by atoms with Gasteiger partial charge in [0.05, 0.1) is 13.2 Å². The van der Waals surface area contributed by atoms with E-state index in [0.717, 1.165) is 32.8 Å². The van der Waals surface area contributed by atoms with E-state index < -0.39 is 0 Å². The normalized spacial score (nSPS) is 15.2. The van der Waals surface area contributed by atoms with Crippen LogP contribution in [0, 0.1) is 0 Å². The number of hydrogen-bond donors (Lipinski definition) is 1. The number of nitrogens with zero attached hydrogens (tertiary/aromatic N) is 1. The van der Waals surface area contributed by atoms with Crippen LogP contribution in [0.3, 0.4) is 0 Å². The molecule has 0 heterocycles. The maximum atomic E-state index is 5.15. The first-order valence-corrected chi connectivity index (χ1v) is 6.61. The molecule has 0 aromatic rings.